The van der Waals surface area contributed by atoms with Crippen molar-refractivity contribution in [2.45, 2.75) is 63.1 Å². The number of hydrogen-bond donors (Lipinski definition) is 1. The van der Waals surface area contributed by atoms with E-state index in [4.69, 9.17) is 0 Å². The summed E-state index contributed by atoms with van der Waals surface area (Å²) in [5.74, 6) is 0. The lowest BCUT2D eigenvalue weighted by molar-refractivity contribution is 0.421. The molecule has 1 N–H and O–H groups in total. The molecule has 0 aromatic carbocycles. The maximum absolute atomic E-state index is 12.7. The summed E-state index contributed by atoms with van der Waals surface area (Å²) >= 11 is 1.60. The van der Waals surface area contributed by atoms with E-state index in [-0.39, 0.29) is 6.04 Å². The number of hydrogen-bond acceptors (Lipinski definition) is 4. The monoisotopic (exact) mass is 314 g/mol. The topological polar surface area (TPSA) is 49.4 Å². The third kappa shape index (κ3) is 2.93. The van der Waals surface area contributed by atoms with Gasteiger partial charge in [0.05, 0.1) is 4.90 Å². The Kier molecular flexibility index (Phi) is 3.92. The predicted molar refractivity (Wildman–Crippen MR) is 81.5 cm³/mol. The Labute approximate surface area is 125 Å². The first kappa shape index (κ1) is 14.5. The van der Waals surface area contributed by atoms with Gasteiger partial charge < -0.3 is 5.32 Å². The molecule has 1 aromatic rings. The molecule has 3 rings (SSSR count). The van der Waals surface area contributed by atoms with Crippen molar-refractivity contribution < 1.29 is 8.42 Å². The first-order chi connectivity index (χ1) is 9.52. The Morgan fingerprint density at radius 2 is 2.05 bits per heavy atom. The summed E-state index contributed by atoms with van der Waals surface area (Å²) in [7, 11) is -3.30. The molecule has 6 heteroatoms. The van der Waals surface area contributed by atoms with Crippen LogP contribution in [0.1, 0.15) is 42.4 Å². The molecule has 112 valence electrons. The van der Waals surface area contributed by atoms with Crippen LogP contribution in [0.5, 0.6) is 0 Å². The lowest BCUT2D eigenvalue weighted by Gasteiger charge is -2.19. The second-order valence-electron chi connectivity index (χ2n) is 5.73. The molecule has 0 radical (unpaired) electrons. The summed E-state index contributed by atoms with van der Waals surface area (Å²) < 4.78 is 27.2. The van der Waals surface area contributed by atoms with Gasteiger partial charge in [-0.3, -0.25) is 0 Å². The summed E-state index contributed by atoms with van der Waals surface area (Å²) in [6.45, 7) is 5.20. The highest BCUT2D eigenvalue weighted by Gasteiger charge is 2.38. The molecule has 0 saturated heterocycles. The van der Waals surface area contributed by atoms with Crippen molar-refractivity contribution in [3.05, 3.63) is 15.8 Å². The molecule has 1 aromatic heterocycles. The van der Waals surface area contributed by atoms with Crippen LogP contribution < -0.4 is 5.32 Å². The smallest absolute Gasteiger partial charge is 0.244 e. The van der Waals surface area contributed by atoms with Crippen LogP contribution >= 0.6 is 11.3 Å². The fraction of sp³-hybridized carbons (Fsp3) is 0.714. The zero-order valence-electron chi connectivity index (χ0n) is 12.1. The van der Waals surface area contributed by atoms with E-state index < -0.39 is 10.0 Å². The Bertz CT molecular complexity index is 586. The van der Waals surface area contributed by atoms with Gasteiger partial charge in [-0.25, -0.2) is 8.42 Å². The summed E-state index contributed by atoms with van der Waals surface area (Å²) in [6, 6.07) is 2.75. The van der Waals surface area contributed by atoms with Gasteiger partial charge in [0.25, 0.3) is 0 Å². The average molecular weight is 314 g/mol. The second kappa shape index (κ2) is 5.40. The minimum atomic E-state index is -3.30. The van der Waals surface area contributed by atoms with Crippen molar-refractivity contribution in [2.24, 2.45) is 0 Å². The quantitative estimate of drug-likeness (QED) is 0.841. The van der Waals surface area contributed by atoms with Crippen molar-refractivity contribution in [1.29, 1.82) is 0 Å². The second-order valence-corrected chi connectivity index (χ2v) is 8.93. The highest BCUT2D eigenvalue weighted by atomic mass is 32.2. The number of nitrogens with one attached hydrogen (secondary N) is 1. The van der Waals surface area contributed by atoms with Gasteiger partial charge in [0, 0.05) is 34.9 Å². The Morgan fingerprint density at radius 1 is 1.35 bits per heavy atom. The fourth-order valence-electron chi connectivity index (χ4n) is 2.51. The van der Waals surface area contributed by atoms with Crippen LogP contribution in [0.2, 0.25) is 0 Å². The molecule has 2 aliphatic rings. The highest BCUT2D eigenvalue weighted by molar-refractivity contribution is 7.89. The zero-order chi connectivity index (χ0) is 14.3. The van der Waals surface area contributed by atoms with Gasteiger partial charge in [0.2, 0.25) is 10.0 Å². The molecular weight excluding hydrogens is 292 g/mol. The molecule has 0 spiro atoms. The molecule has 0 amide bonds. The minimum absolute atomic E-state index is 0.234. The number of sulfonamides is 1. The Balaban J connectivity index is 1.80. The Morgan fingerprint density at radius 3 is 2.60 bits per heavy atom. The van der Waals surface area contributed by atoms with Crippen molar-refractivity contribution in [3.8, 4) is 0 Å². The maximum atomic E-state index is 12.7. The number of aryl methyl sites for hydroxylation is 1. The Hall–Kier alpha value is -0.430. The summed E-state index contributed by atoms with van der Waals surface area (Å²) in [5, 5.41) is 3.45. The molecule has 0 atom stereocenters. The highest BCUT2D eigenvalue weighted by Crippen LogP contribution is 2.35. The van der Waals surface area contributed by atoms with E-state index >= 15 is 0 Å². The minimum Gasteiger partial charge on any atom is -0.309 e. The van der Waals surface area contributed by atoms with Gasteiger partial charge >= 0.3 is 0 Å². The van der Waals surface area contributed by atoms with Crippen LogP contribution in [0.25, 0.3) is 0 Å². The van der Waals surface area contributed by atoms with E-state index in [0.29, 0.717) is 17.5 Å². The third-order valence-electron chi connectivity index (χ3n) is 3.92. The van der Waals surface area contributed by atoms with Crippen LogP contribution in [0, 0.1) is 6.92 Å². The number of nitrogens with zero attached hydrogens (tertiary/aromatic N) is 1. The van der Waals surface area contributed by atoms with Crippen LogP contribution in [-0.2, 0) is 16.6 Å². The molecule has 20 heavy (non-hydrogen) atoms. The van der Waals surface area contributed by atoms with Gasteiger partial charge in [-0.05, 0) is 38.7 Å². The average Bonchev–Trinajstić information content (AvgIpc) is 3.28. The van der Waals surface area contributed by atoms with E-state index in [1.54, 1.807) is 15.6 Å². The lowest BCUT2D eigenvalue weighted by Crippen LogP contribution is -2.33. The van der Waals surface area contributed by atoms with Crippen molar-refractivity contribution >= 4 is 21.4 Å². The first-order valence-electron chi connectivity index (χ1n) is 7.37. The molecule has 2 fully saturated rings. The fourth-order valence-corrected chi connectivity index (χ4v) is 5.76. The molecule has 0 bridgehead atoms. The van der Waals surface area contributed by atoms with Crippen LogP contribution in [0.4, 0.5) is 0 Å². The van der Waals surface area contributed by atoms with Crippen LogP contribution in [-0.4, -0.2) is 31.4 Å². The van der Waals surface area contributed by atoms with Gasteiger partial charge in [-0.15, -0.1) is 11.3 Å². The van der Waals surface area contributed by atoms with E-state index in [9.17, 15) is 8.42 Å². The van der Waals surface area contributed by atoms with Crippen molar-refractivity contribution in [3.63, 3.8) is 0 Å². The standard InChI is InChI=1S/C14H22N2O2S2/c1-3-16(12-6-7-12)20(17,18)14-8-13(19-10(14)2)9-15-11-4-5-11/h8,11-12,15H,3-7,9H2,1-2H3. The first-order valence-corrected chi connectivity index (χ1v) is 9.62. The maximum Gasteiger partial charge on any atom is 0.244 e. The molecule has 2 aliphatic carbocycles. The van der Waals surface area contributed by atoms with E-state index in [0.717, 1.165) is 29.1 Å². The molecule has 1 heterocycles. The van der Waals surface area contributed by atoms with Gasteiger partial charge in [-0.1, -0.05) is 6.92 Å². The normalized spacial score (nSPS) is 19.8. The number of rotatable bonds is 7. The largest absolute Gasteiger partial charge is 0.309 e. The molecule has 4 nitrogen and oxygen atoms in total. The van der Waals surface area contributed by atoms with E-state index in [1.807, 2.05) is 19.9 Å². The van der Waals surface area contributed by atoms with E-state index in [1.165, 1.54) is 12.8 Å². The number of thiophene rings is 1. The third-order valence-corrected chi connectivity index (χ3v) is 7.25. The molecule has 0 aliphatic heterocycles. The lowest BCUT2D eigenvalue weighted by atomic mass is 10.4. The van der Waals surface area contributed by atoms with Gasteiger partial charge in [0.15, 0.2) is 0 Å². The molecule has 2 saturated carbocycles. The van der Waals surface area contributed by atoms with Crippen LogP contribution in [0.3, 0.4) is 0 Å². The SMILES string of the molecule is CCN(C1CC1)S(=O)(=O)c1cc(CNC2CC2)sc1C. The van der Waals surface area contributed by atoms with Gasteiger partial charge in [-0.2, -0.15) is 4.31 Å². The molecular formula is C14H22N2O2S2. The summed E-state index contributed by atoms with van der Waals surface area (Å²) in [5.41, 5.74) is 0. The van der Waals surface area contributed by atoms with Gasteiger partial charge in [0.1, 0.15) is 0 Å². The summed E-state index contributed by atoms with van der Waals surface area (Å²) in [6.07, 6.45) is 4.51. The van der Waals surface area contributed by atoms with Crippen LogP contribution in [0.15, 0.2) is 11.0 Å². The summed E-state index contributed by atoms with van der Waals surface area (Å²) in [4.78, 5) is 2.56. The predicted octanol–water partition coefficient (Wildman–Crippen LogP) is 2.48. The zero-order valence-corrected chi connectivity index (χ0v) is 13.7. The van der Waals surface area contributed by atoms with Crippen molar-refractivity contribution in [2.75, 3.05) is 6.54 Å². The van der Waals surface area contributed by atoms with E-state index in [2.05, 4.69) is 5.32 Å². The molecule has 0 unspecified atom stereocenters. The van der Waals surface area contributed by atoms with Crippen molar-refractivity contribution in [1.82, 2.24) is 9.62 Å².